The van der Waals surface area contributed by atoms with Gasteiger partial charge in [0.2, 0.25) is 0 Å². The first-order chi connectivity index (χ1) is 11.8. The second kappa shape index (κ2) is 6.32. The molecular formula is C16H13F3N4OS. The summed E-state index contributed by atoms with van der Waals surface area (Å²) in [6.07, 6.45) is -1.37. The Morgan fingerprint density at radius 1 is 1.24 bits per heavy atom. The maximum atomic E-state index is 12.6. The van der Waals surface area contributed by atoms with Gasteiger partial charge >= 0.3 is 6.18 Å². The van der Waals surface area contributed by atoms with E-state index >= 15 is 0 Å². The molecule has 3 heterocycles. The van der Waals surface area contributed by atoms with E-state index in [9.17, 15) is 18.0 Å². The fraction of sp³-hybridized carbons (Fsp3) is 0.188. The minimum atomic E-state index is -4.46. The van der Waals surface area contributed by atoms with E-state index in [1.54, 1.807) is 17.8 Å². The fourth-order valence-corrected chi connectivity index (χ4v) is 2.97. The zero-order chi connectivity index (χ0) is 18.2. The number of thiophene rings is 1. The number of aromatic nitrogens is 3. The van der Waals surface area contributed by atoms with Crippen LogP contribution in [0, 0.1) is 13.8 Å². The Labute approximate surface area is 145 Å². The average Bonchev–Trinajstić information content (AvgIpc) is 3.16. The number of hydrogen-bond acceptors (Lipinski definition) is 4. The van der Waals surface area contributed by atoms with E-state index in [0.717, 1.165) is 34.2 Å². The molecule has 1 amide bonds. The summed E-state index contributed by atoms with van der Waals surface area (Å²) in [5.41, 5.74) is 1.82. The lowest BCUT2D eigenvalue weighted by Gasteiger charge is -2.06. The molecule has 0 saturated carbocycles. The summed E-state index contributed by atoms with van der Waals surface area (Å²) in [5, 5.41) is 7.71. The summed E-state index contributed by atoms with van der Waals surface area (Å²) in [6.45, 7) is 3.61. The second-order valence-electron chi connectivity index (χ2n) is 5.36. The van der Waals surface area contributed by atoms with Gasteiger partial charge in [-0.15, -0.1) is 11.3 Å². The highest BCUT2D eigenvalue weighted by Crippen LogP contribution is 2.33. The first-order valence-electron chi connectivity index (χ1n) is 7.20. The maximum Gasteiger partial charge on any atom is 0.417 e. The van der Waals surface area contributed by atoms with E-state index in [0.29, 0.717) is 11.4 Å². The predicted octanol–water partition coefficient (Wildman–Crippen LogP) is 4.22. The zero-order valence-electron chi connectivity index (χ0n) is 13.3. The maximum absolute atomic E-state index is 12.6. The van der Waals surface area contributed by atoms with Gasteiger partial charge in [-0.05, 0) is 32.0 Å². The SMILES string of the molecule is Cc1ccc(-n2ncc(NC(=O)c3cc(C(F)(F)F)cs3)c2C)cn1. The van der Waals surface area contributed by atoms with Crippen LogP contribution in [0.1, 0.15) is 26.6 Å². The Morgan fingerprint density at radius 2 is 2.00 bits per heavy atom. The van der Waals surface area contributed by atoms with Crippen LogP contribution in [0.4, 0.5) is 18.9 Å². The van der Waals surface area contributed by atoms with Gasteiger partial charge in [0, 0.05) is 11.1 Å². The van der Waals surface area contributed by atoms with Crippen LogP contribution in [-0.4, -0.2) is 20.7 Å². The Bertz CT molecular complexity index is 912. The van der Waals surface area contributed by atoms with Crippen LogP contribution in [0.3, 0.4) is 0 Å². The van der Waals surface area contributed by atoms with Crippen molar-refractivity contribution in [1.82, 2.24) is 14.8 Å². The van der Waals surface area contributed by atoms with Crippen molar-refractivity contribution in [3.8, 4) is 5.69 Å². The summed E-state index contributed by atoms with van der Waals surface area (Å²) >= 11 is 0.745. The molecule has 0 radical (unpaired) electrons. The third-order valence-electron chi connectivity index (χ3n) is 3.55. The number of aryl methyl sites for hydroxylation is 1. The van der Waals surface area contributed by atoms with Crippen LogP contribution in [0.25, 0.3) is 5.69 Å². The third-order valence-corrected chi connectivity index (χ3v) is 4.48. The number of rotatable bonds is 3. The number of anilines is 1. The number of halogens is 3. The molecule has 9 heteroatoms. The van der Waals surface area contributed by atoms with Gasteiger partial charge in [0.1, 0.15) is 0 Å². The van der Waals surface area contributed by atoms with Crippen LogP contribution in [0.2, 0.25) is 0 Å². The molecule has 0 spiro atoms. The summed E-state index contributed by atoms with van der Waals surface area (Å²) in [7, 11) is 0. The van der Waals surface area contributed by atoms with Crippen molar-refractivity contribution in [2.24, 2.45) is 0 Å². The summed E-state index contributed by atoms with van der Waals surface area (Å²) in [5.74, 6) is -0.606. The van der Waals surface area contributed by atoms with E-state index < -0.39 is 17.6 Å². The van der Waals surface area contributed by atoms with E-state index in [1.165, 1.54) is 6.20 Å². The van der Waals surface area contributed by atoms with Gasteiger partial charge in [-0.25, -0.2) is 4.68 Å². The lowest BCUT2D eigenvalue weighted by molar-refractivity contribution is -0.137. The molecule has 0 aliphatic heterocycles. The highest BCUT2D eigenvalue weighted by atomic mass is 32.1. The normalized spacial score (nSPS) is 11.6. The monoisotopic (exact) mass is 366 g/mol. The van der Waals surface area contributed by atoms with Gasteiger partial charge in [-0.1, -0.05) is 0 Å². The number of alkyl halides is 3. The molecule has 130 valence electrons. The van der Waals surface area contributed by atoms with E-state index in [4.69, 9.17) is 0 Å². The topological polar surface area (TPSA) is 59.8 Å². The molecule has 0 aromatic carbocycles. The fourth-order valence-electron chi connectivity index (χ4n) is 2.17. The molecule has 0 saturated heterocycles. The highest BCUT2D eigenvalue weighted by Gasteiger charge is 2.32. The number of nitrogens with one attached hydrogen (secondary N) is 1. The molecule has 0 aliphatic rings. The second-order valence-corrected chi connectivity index (χ2v) is 6.28. The summed E-state index contributed by atoms with van der Waals surface area (Å²) in [4.78, 5) is 16.3. The molecule has 3 aromatic rings. The third kappa shape index (κ3) is 3.55. The molecule has 3 rings (SSSR count). The number of carbonyl (C=O) groups excluding carboxylic acids is 1. The number of hydrogen-bond donors (Lipinski definition) is 1. The van der Waals surface area contributed by atoms with Gasteiger partial charge in [0.05, 0.1) is 39.9 Å². The van der Waals surface area contributed by atoms with Gasteiger partial charge in [-0.2, -0.15) is 18.3 Å². The van der Waals surface area contributed by atoms with Crippen molar-refractivity contribution in [2.45, 2.75) is 20.0 Å². The van der Waals surface area contributed by atoms with E-state index in [-0.39, 0.29) is 4.88 Å². The van der Waals surface area contributed by atoms with Crippen molar-refractivity contribution < 1.29 is 18.0 Å². The molecule has 0 unspecified atom stereocenters. The molecular weight excluding hydrogens is 353 g/mol. The van der Waals surface area contributed by atoms with Crippen molar-refractivity contribution in [3.05, 3.63) is 57.8 Å². The Morgan fingerprint density at radius 3 is 2.60 bits per heavy atom. The van der Waals surface area contributed by atoms with Crippen molar-refractivity contribution >= 4 is 22.9 Å². The molecule has 0 bridgehead atoms. The minimum Gasteiger partial charge on any atom is -0.318 e. The van der Waals surface area contributed by atoms with Crippen LogP contribution in [0.15, 0.2) is 36.0 Å². The minimum absolute atomic E-state index is 0.0172. The molecule has 5 nitrogen and oxygen atoms in total. The molecule has 3 aromatic heterocycles. The van der Waals surface area contributed by atoms with Gasteiger partial charge < -0.3 is 5.32 Å². The number of nitrogens with zero attached hydrogens (tertiary/aromatic N) is 3. The molecule has 0 aliphatic carbocycles. The van der Waals surface area contributed by atoms with Crippen LogP contribution in [-0.2, 0) is 6.18 Å². The standard InChI is InChI=1S/C16H13F3N4OS/c1-9-3-4-12(6-20-9)23-10(2)13(7-21-23)22-15(24)14-5-11(8-25-14)16(17,18)19/h3-8H,1-2H3,(H,22,24). The van der Waals surface area contributed by atoms with E-state index in [1.807, 2.05) is 19.1 Å². The number of carbonyl (C=O) groups is 1. The van der Waals surface area contributed by atoms with Crippen molar-refractivity contribution in [3.63, 3.8) is 0 Å². The Balaban J connectivity index is 1.81. The molecule has 25 heavy (non-hydrogen) atoms. The quantitative estimate of drug-likeness (QED) is 0.755. The first-order valence-corrected chi connectivity index (χ1v) is 8.08. The Hall–Kier alpha value is -2.68. The summed E-state index contributed by atoms with van der Waals surface area (Å²) in [6, 6.07) is 4.51. The Kier molecular flexibility index (Phi) is 4.34. The first kappa shape index (κ1) is 17.2. The van der Waals surface area contributed by atoms with Gasteiger partial charge in [0.25, 0.3) is 5.91 Å². The largest absolute Gasteiger partial charge is 0.417 e. The highest BCUT2D eigenvalue weighted by molar-refractivity contribution is 7.12. The lowest BCUT2D eigenvalue weighted by atomic mass is 10.3. The van der Waals surface area contributed by atoms with Crippen LogP contribution >= 0.6 is 11.3 Å². The smallest absolute Gasteiger partial charge is 0.318 e. The van der Waals surface area contributed by atoms with Gasteiger partial charge in [-0.3, -0.25) is 9.78 Å². The van der Waals surface area contributed by atoms with Crippen molar-refractivity contribution in [2.75, 3.05) is 5.32 Å². The lowest BCUT2D eigenvalue weighted by Crippen LogP contribution is -2.11. The predicted molar refractivity (Wildman–Crippen MR) is 88.1 cm³/mol. The average molecular weight is 366 g/mol. The molecule has 0 fully saturated rings. The molecule has 0 atom stereocenters. The van der Waals surface area contributed by atoms with Crippen LogP contribution < -0.4 is 5.32 Å². The van der Waals surface area contributed by atoms with Crippen LogP contribution in [0.5, 0.6) is 0 Å². The van der Waals surface area contributed by atoms with E-state index in [2.05, 4.69) is 15.4 Å². The van der Waals surface area contributed by atoms with Gasteiger partial charge in [0.15, 0.2) is 0 Å². The number of amides is 1. The summed E-state index contributed by atoms with van der Waals surface area (Å²) < 4.78 is 39.5. The molecule has 1 N–H and O–H groups in total. The number of pyridine rings is 1. The zero-order valence-corrected chi connectivity index (χ0v) is 14.1. The van der Waals surface area contributed by atoms with Crippen molar-refractivity contribution in [1.29, 1.82) is 0 Å².